The molecule has 4 heteroatoms. The van der Waals surface area contributed by atoms with Crippen molar-refractivity contribution in [2.45, 2.75) is 25.0 Å². The normalized spacial score (nSPS) is 12.2. The molecule has 144 valence electrons. The van der Waals surface area contributed by atoms with E-state index in [-0.39, 0.29) is 11.9 Å². The molecule has 0 bridgehead atoms. The lowest BCUT2D eigenvalue weighted by Gasteiger charge is -2.33. The molecule has 0 saturated heterocycles. The molecule has 1 unspecified atom stereocenters. The van der Waals surface area contributed by atoms with Crippen LogP contribution in [-0.2, 0) is 10.4 Å². The molecule has 4 nitrogen and oxygen atoms in total. The molecule has 3 rings (SSSR count). The second-order valence-corrected chi connectivity index (χ2v) is 6.82. The van der Waals surface area contributed by atoms with Gasteiger partial charge in [0.05, 0.1) is 13.2 Å². The van der Waals surface area contributed by atoms with Gasteiger partial charge in [0, 0.05) is 13.3 Å². The minimum Gasteiger partial charge on any atom is -0.497 e. The highest BCUT2D eigenvalue weighted by Crippen LogP contribution is 2.38. The average molecular weight is 375 g/mol. The average Bonchev–Trinajstić information content (AvgIpc) is 2.74. The summed E-state index contributed by atoms with van der Waals surface area (Å²) in [6, 6.07) is 26.3. The van der Waals surface area contributed by atoms with Crippen LogP contribution in [0.15, 0.2) is 84.9 Å². The standard InChI is InChI=1S/C24H25NO3/c1-18(26)25-23(19-13-15-22(28-2)16-14-19)17-24(27,20-9-5-3-6-10-20)21-11-7-4-8-12-21/h3-16,23,27H,17H2,1-2H3,(H,25,26). The third-order valence-corrected chi connectivity index (χ3v) is 4.90. The van der Waals surface area contributed by atoms with Crippen LogP contribution in [0.25, 0.3) is 0 Å². The molecule has 1 amide bonds. The Labute approximate surface area is 165 Å². The maximum atomic E-state index is 11.9. The molecule has 1 atom stereocenters. The Kier molecular flexibility index (Phi) is 6.12. The van der Waals surface area contributed by atoms with Crippen LogP contribution < -0.4 is 10.1 Å². The SMILES string of the molecule is COc1ccc(C(CC(O)(c2ccccc2)c2ccccc2)NC(C)=O)cc1. The predicted octanol–water partition coefficient (Wildman–Crippen LogP) is 4.20. The van der Waals surface area contributed by atoms with Gasteiger partial charge in [-0.1, -0.05) is 72.8 Å². The van der Waals surface area contributed by atoms with E-state index in [4.69, 9.17) is 4.74 Å². The van der Waals surface area contributed by atoms with Crippen LogP contribution in [0.3, 0.4) is 0 Å². The maximum absolute atomic E-state index is 11.9. The van der Waals surface area contributed by atoms with Crippen LogP contribution in [0.1, 0.15) is 36.1 Å². The van der Waals surface area contributed by atoms with E-state index >= 15 is 0 Å². The molecule has 3 aromatic rings. The van der Waals surface area contributed by atoms with E-state index in [9.17, 15) is 9.90 Å². The van der Waals surface area contributed by atoms with Crippen molar-refractivity contribution >= 4 is 5.91 Å². The van der Waals surface area contributed by atoms with Crippen LogP contribution in [0.2, 0.25) is 0 Å². The van der Waals surface area contributed by atoms with E-state index in [0.717, 1.165) is 22.4 Å². The second kappa shape index (κ2) is 8.72. The predicted molar refractivity (Wildman–Crippen MR) is 110 cm³/mol. The van der Waals surface area contributed by atoms with Crippen molar-refractivity contribution in [2.75, 3.05) is 7.11 Å². The molecule has 0 aliphatic rings. The van der Waals surface area contributed by atoms with E-state index in [1.54, 1.807) is 7.11 Å². The van der Waals surface area contributed by atoms with Crippen molar-refractivity contribution < 1.29 is 14.6 Å². The number of methoxy groups -OCH3 is 1. The van der Waals surface area contributed by atoms with Crippen molar-refractivity contribution in [1.29, 1.82) is 0 Å². The Morgan fingerprint density at radius 1 is 0.929 bits per heavy atom. The van der Waals surface area contributed by atoms with Crippen LogP contribution in [-0.4, -0.2) is 18.1 Å². The fourth-order valence-electron chi connectivity index (χ4n) is 3.46. The number of hydrogen-bond acceptors (Lipinski definition) is 3. The summed E-state index contributed by atoms with van der Waals surface area (Å²) in [6.45, 7) is 1.49. The summed E-state index contributed by atoms with van der Waals surface area (Å²) in [5.41, 5.74) is 1.21. The number of hydrogen-bond donors (Lipinski definition) is 2. The molecule has 0 saturated carbocycles. The molecule has 3 aromatic carbocycles. The number of carbonyl (C=O) groups is 1. The highest BCUT2D eigenvalue weighted by atomic mass is 16.5. The van der Waals surface area contributed by atoms with Crippen molar-refractivity contribution in [3.63, 3.8) is 0 Å². The van der Waals surface area contributed by atoms with Crippen molar-refractivity contribution in [2.24, 2.45) is 0 Å². The van der Waals surface area contributed by atoms with Gasteiger partial charge in [0.25, 0.3) is 0 Å². The number of rotatable bonds is 7. The summed E-state index contributed by atoms with van der Waals surface area (Å²) >= 11 is 0. The molecule has 0 aliphatic heterocycles. The number of aliphatic hydroxyl groups is 1. The first-order chi connectivity index (χ1) is 13.5. The van der Waals surface area contributed by atoms with Crippen LogP contribution in [0, 0.1) is 0 Å². The first kappa shape index (κ1) is 19.6. The molecule has 0 heterocycles. The molecule has 0 fully saturated rings. The van der Waals surface area contributed by atoms with E-state index in [2.05, 4.69) is 5.32 Å². The largest absolute Gasteiger partial charge is 0.497 e. The van der Waals surface area contributed by atoms with E-state index in [0.29, 0.717) is 6.42 Å². The lowest BCUT2D eigenvalue weighted by molar-refractivity contribution is -0.120. The zero-order valence-corrected chi connectivity index (χ0v) is 16.1. The van der Waals surface area contributed by atoms with Crippen LogP contribution in [0.5, 0.6) is 5.75 Å². The molecule has 0 aromatic heterocycles. The molecule has 0 aliphatic carbocycles. The minimum absolute atomic E-state index is 0.149. The van der Waals surface area contributed by atoms with Gasteiger partial charge in [-0.15, -0.1) is 0 Å². The smallest absolute Gasteiger partial charge is 0.217 e. The summed E-state index contributed by atoms with van der Waals surface area (Å²) in [5, 5.41) is 14.8. The van der Waals surface area contributed by atoms with Crippen LogP contribution >= 0.6 is 0 Å². The third-order valence-electron chi connectivity index (χ3n) is 4.90. The zero-order valence-electron chi connectivity index (χ0n) is 16.1. The topological polar surface area (TPSA) is 58.6 Å². The summed E-state index contributed by atoms with van der Waals surface area (Å²) in [4.78, 5) is 11.9. The number of ether oxygens (including phenoxy) is 1. The minimum atomic E-state index is -1.25. The van der Waals surface area contributed by atoms with E-state index in [1.807, 2.05) is 84.9 Å². The second-order valence-electron chi connectivity index (χ2n) is 6.82. The van der Waals surface area contributed by atoms with Crippen molar-refractivity contribution in [1.82, 2.24) is 5.32 Å². The Hall–Kier alpha value is -3.11. The molecule has 0 spiro atoms. The fraction of sp³-hybridized carbons (Fsp3) is 0.208. The maximum Gasteiger partial charge on any atom is 0.217 e. The number of nitrogens with one attached hydrogen (secondary N) is 1. The Morgan fingerprint density at radius 3 is 1.86 bits per heavy atom. The van der Waals surface area contributed by atoms with Crippen LogP contribution in [0.4, 0.5) is 0 Å². The fourth-order valence-corrected chi connectivity index (χ4v) is 3.46. The van der Waals surface area contributed by atoms with Gasteiger partial charge >= 0.3 is 0 Å². The highest BCUT2D eigenvalue weighted by Gasteiger charge is 2.35. The quantitative estimate of drug-likeness (QED) is 0.651. The lowest BCUT2D eigenvalue weighted by atomic mass is 9.80. The first-order valence-corrected chi connectivity index (χ1v) is 9.27. The summed E-state index contributed by atoms with van der Waals surface area (Å²) in [5.74, 6) is 0.594. The Balaban J connectivity index is 2.03. The number of carbonyl (C=O) groups excluding carboxylic acids is 1. The van der Waals surface area contributed by atoms with Gasteiger partial charge in [0.1, 0.15) is 11.4 Å². The summed E-state index contributed by atoms with van der Waals surface area (Å²) in [6.07, 6.45) is 0.299. The zero-order chi connectivity index (χ0) is 20.0. The Morgan fingerprint density at radius 2 is 1.43 bits per heavy atom. The third kappa shape index (κ3) is 4.41. The van der Waals surface area contributed by atoms with Gasteiger partial charge in [0.15, 0.2) is 0 Å². The van der Waals surface area contributed by atoms with Gasteiger partial charge in [-0.3, -0.25) is 4.79 Å². The lowest BCUT2D eigenvalue weighted by Crippen LogP contribution is -2.36. The van der Waals surface area contributed by atoms with Crippen molar-refractivity contribution in [3.8, 4) is 5.75 Å². The Bertz CT molecular complexity index is 853. The van der Waals surface area contributed by atoms with E-state index in [1.165, 1.54) is 6.92 Å². The molecule has 2 N–H and O–H groups in total. The van der Waals surface area contributed by atoms with Gasteiger partial charge in [-0.05, 0) is 28.8 Å². The number of benzene rings is 3. The number of amides is 1. The summed E-state index contributed by atoms with van der Waals surface area (Å²) < 4.78 is 5.23. The van der Waals surface area contributed by atoms with Gasteiger partial charge < -0.3 is 15.2 Å². The molecule has 28 heavy (non-hydrogen) atoms. The van der Waals surface area contributed by atoms with Gasteiger partial charge in [0.2, 0.25) is 5.91 Å². The molecule has 0 radical (unpaired) electrons. The monoisotopic (exact) mass is 375 g/mol. The van der Waals surface area contributed by atoms with E-state index < -0.39 is 5.60 Å². The van der Waals surface area contributed by atoms with Gasteiger partial charge in [-0.2, -0.15) is 0 Å². The van der Waals surface area contributed by atoms with Crippen molar-refractivity contribution in [3.05, 3.63) is 102 Å². The highest BCUT2D eigenvalue weighted by molar-refractivity contribution is 5.73. The molecular weight excluding hydrogens is 350 g/mol. The first-order valence-electron chi connectivity index (χ1n) is 9.27. The molecular formula is C24H25NO3. The van der Waals surface area contributed by atoms with Gasteiger partial charge in [-0.25, -0.2) is 0 Å². The summed E-state index contributed by atoms with van der Waals surface area (Å²) in [7, 11) is 1.61.